The minimum absolute atomic E-state index is 0.0945. The van der Waals surface area contributed by atoms with E-state index in [1.165, 1.54) is 7.11 Å². The highest BCUT2D eigenvalue weighted by Gasteiger charge is 2.60. The van der Waals surface area contributed by atoms with Crippen molar-refractivity contribution in [3.63, 3.8) is 0 Å². The van der Waals surface area contributed by atoms with Crippen LogP contribution in [0.2, 0.25) is 0 Å². The first-order valence-corrected chi connectivity index (χ1v) is 10.6. The van der Waals surface area contributed by atoms with Gasteiger partial charge >= 0.3 is 18.4 Å². The van der Waals surface area contributed by atoms with E-state index in [0.717, 1.165) is 18.2 Å². The Morgan fingerprint density at radius 2 is 1.72 bits per heavy atom. The first-order valence-electron chi connectivity index (χ1n) is 9.07. The predicted octanol–water partition coefficient (Wildman–Crippen LogP) is 3.45. The Balaban J connectivity index is 1.90. The molecule has 1 aromatic carbocycles. The second-order valence-electron chi connectivity index (χ2n) is 6.93. The largest absolute Gasteiger partial charge is 0.494 e. The summed E-state index contributed by atoms with van der Waals surface area (Å²) in [6.45, 7) is -0.595. The number of likely N-dealkylation sites (tertiary alicyclic amines) is 1. The quantitative estimate of drug-likeness (QED) is 0.610. The number of hydrogen-bond donors (Lipinski definition) is 1. The molecule has 1 aliphatic heterocycles. The van der Waals surface area contributed by atoms with Crippen molar-refractivity contribution in [3.8, 4) is 5.75 Å². The van der Waals surface area contributed by atoms with Gasteiger partial charge in [0.1, 0.15) is 0 Å². The molecule has 1 fully saturated rings. The SMILES string of the molecule is COc1ccc(S(=O)(=O)NCC2CCN(C(=O)OC(C(F)(F)F)C(F)(F)F)CC2)cc1F. The van der Waals surface area contributed by atoms with Crippen LogP contribution in [0.15, 0.2) is 23.1 Å². The number of ether oxygens (including phenoxy) is 2. The molecule has 15 heteroatoms. The predicted molar refractivity (Wildman–Crippen MR) is 94.8 cm³/mol. The van der Waals surface area contributed by atoms with E-state index in [0.29, 0.717) is 4.90 Å². The van der Waals surface area contributed by atoms with Gasteiger partial charge < -0.3 is 14.4 Å². The van der Waals surface area contributed by atoms with Gasteiger partial charge in [0.15, 0.2) is 11.6 Å². The van der Waals surface area contributed by atoms with Gasteiger partial charge in [-0.05, 0) is 37.0 Å². The molecular weight excluding hydrogens is 477 g/mol. The van der Waals surface area contributed by atoms with E-state index in [2.05, 4.69) is 9.46 Å². The van der Waals surface area contributed by atoms with Crippen molar-refractivity contribution in [2.45, 2.75) is 36.2 Å². The molecule has 0 radical (unpaired) electrons. The zero-order valence-electron chi connectivity index (χ0n) is 16.5. The number of alkyl halides is 6. The van der Waals surface area contributed by atoms with Gasteiger partial charge in [-0.2, -0.15) is 26.3 Å². The zero-order chi connectivity index (χ0) is 24.3. The molecule has 1 N–H and O–H groups in total. The van der Waals surface area contributed by atoms with Crippen LogP contribution in [0.5, 0.6) is 5.75 Å². The number of piperidine rings is 1. The van der Waals surface area contributed by atoms with Crippen molar-refractivity contribution >= 4 is 16.1 Å². The van der Waals surface area contributed by atoms with Crippen molar-refractivity contribution in [1.29, 1.82) is 0 Å². The number of nitrogens with one attached hydrogen (secondary N) is 1. The normalized spacial score (nSPS) is 16.3. The number of rotatable bonds is 6. The number of sulfonamides is 1. The fourth-order valence-corrected chi connectivity index (χ4v) is 4.07. The number of nitrogens with zero attached hydrogens (tertiary/aromatic N) is 1. The summed E-state index contributed by atoms with van der Waals surface area (Å²) in [5, 5.41) is 0. The van der Waals surface area contributed by atoms with E-state index >= 15 is 0 Å². The molecule has 1 aromatic rings. The summed E-state index contributed by atoms with van der Waals surface area (Å²) in [7, 11) is -2.88. The van der Waals surface area contributed by atoms with Crippen molar-refractivity contribution in [2.75, 3.05) is 26.7 Å². The molecule has 1 aliphatic rings. The van der Waals surface area contributed by atoms with Gasteiger partial charge in [-0.25, -0.2) is 22.3 Å². The van der Waals surface area contributed by atoms with Crippen molar-refractivity contribution in [3.05, 3.63) is 24.0 Å². The summed E-state index contributed by atoms with van der Waals surface area (Å²) in [6.07, 6.45) is -17.4. The zero-order valence-corrected chi connectivity index (χ0v) is 17.3. The average Bonchev–Trinajstić information content (AvgIpc) is 2.69. The molecule has 0 spiro atoms. The number of amides is 1. The molecule has 1 saturated heterocycles. The molecule has 0 aromatic heterocycles. The van der Waals surface area contributed by atoms with Gasteiger partial charge in [-0.15, -0.1) is 0 Å². The van der Waals surface area contributed by atoms with E-state index < -0.39 is 40.4 Å². The number of halogens is 7. The van der Waals surface area contributed by atoms with Crippen LogP contribution in [-0.2, 0) is 14.8 Å². The van der Waals surface area contributed by atoms with Crippen molar-refractivity contribution in [1.82, 2.24) is 9.62 Å². The minimum atomic E-state index is -5.81. The maximum atomic E-state index is 13.7. The number of hydrogen-bond acceptors (Lipinski definition) is 5. The highest BCUT2D eigenvalue weighted by Crippen LogP contribution is 2.36. The molecule has 32 heavy (non-hydrogen) atoms. The summed E-state index contributed by atoms with van der Waals surface area (Å²) in [5.41, 5.74) is 0. The first kappa shape index (κ1) is 26.0. The molecule has 7 nitrogen and oxygen atoms in total. The lowest BCUT2D eigenvalue weighted by Gasteiger charge is -2.33. The number of carbonyl (C=O) groups is 1. The molecule has 0 saturated carbocycles. The third-order valence-corrected chi connectivity index (χ3v) is 6.10. The molecular formula is C17H19F7N2O5S. The van der Waals surface area contributed by atoms with Gasteiger partial charge in [0.2, 0.25) is 10.0 Å². The van der Waals surface area contributed by atoms with Crippen LogP contribution < -0.4 is 9.46 Å². The summed E-state index contributed by atoms with van der Waals surface area (Å²) >= 11 is 0. The van der Waals surface area contributed by atoms with Crippen molar-refractivity contribution in [2.24, 2.45) is 5.92 Å². The summed E-state index contributed by atoms with van der Waals surface area (Å²) < 4.78 is 124. The Labute approximate surface area is 178 Å². The van der Waals surface area contributed by atoms with Gasteiger partial charge in [0.25, 0.3) is 6.10 Å². The van der Waals surface area contributed by atoms with Crippen molar-refractivity contribution < 1.29 is 53.4 Å². The Bertz CT molecular complexity index is 899. The van der Waals surface area contributed by atoms with E-state index in [4.69, 9.17) is 4.74 Å². The van der Waals surface area contributed by atoms with Crippen LogP contribution in [0.3, 0.4) is 0 Å². The smallest absolute Gasteiger partial charge is 0.434 e. The standard InChI is InChI=1S/C17H19F7N2O5S/c1-30-13-3-2-11(8-12(13)18)32(28,29)25-9-10-4-6-26(7-5-10)15(27)31-14(16(19,20)21)17(22,23)24/h2-3,8,10,14,25H,4-7,9H2,1H3. The van der Waals surface area contributed by atoms with Gasteiger partial charge in [0, 0.05) is 19.6 Å². The molecule has 1 amide bonds. The molecule has 0 atom stereocenters. The Kier molecular flexibility index (Phi) is 7.86. The monoisotopic (exact) mass is 496 g/mol. The van der Waals surface area contributed by atoms with E-state index in [9.17, 15) is 43.9 Å². The van der Waals surface area contributed by atoms with Crippen LogP contribution in [0.4, 0.5) is 35.5 Å². The van der Waals surface area contributed by atoms with Gasteiger partial charge in [0.05, 0.1) is 12.0 Å². The topological polar surface area (TPSA) is 84.9 Å². The van der Waals surface area contributed by atoms with Crippen LogP contribution in [-0.4, -0.2) is 64.6 Å². The lowest BCUT2D eigenvalue weighted by atomic mass is 9.97. The third-order valence-electron chi connectivity index (χ3n) is 4.68. The molecule has 0 unspecified atom stereocenters. The summed E-state index contributed by atoms with van der Waals surface area (Å²) in [4.78, 5) is 12.1. The fourth-order valence-electron chi connectivity index (χ4n) is 2.94. The Hall–Kier alpha value is -2.29. The van der Waals surface area contributed by atoms with E-state index in [1.54, 1.807) is 0 Å². The Morgan fingerprint density at radius 3 is 2.19 bits per heavy atom. The lowest BCUT2D eigenvalue weighted by molar-refractivity contribution is -0.308. The average molecular weight is 496 g/mol. The molecule has 0 bridgehead atoms. The minimum Gasteiger partial charge on any atom is -0.494 e. The number of benzene rings is 1. The molecule has 2 rings (SSSR count). The van der Waals surface area contributed by atoms with Crippen LogP contribution in [0.1, 0.15) is 12.8 Å². The highest BCUT2D eigenvalue weighted by molar-refractivity contribution is 7.89. The maximum Gasteiger partial charge on any atom is 0.434 e. The third kappa shape index (κ3) is 6.60. The first-order chi connectivity index (χ1) is 14.6. The van der Waals surface area contributed by atoms with E-state index in [-0.39, 0.29) is 49.0 Å². The fraction of sp³-hybridized carbons (Fsp3) is 0.588. The van der Waals surface area contributed by atoms with E-state index in [1.807, 2.05) is 0 Å². The lowest BCUT2D eigenvalue weighted by Crippen LogP contribution is -2.49. The Morgan fingerprint density at radius 1 is 1.16 bits per heavy atom. The summed E-state index contributed by atoms with van der Waals surface area (Å²) in [6, 6.07) is 3.02. The molecule has 0 aliphatic carbocycles. The number of methoxy groups -OCH3 is 1. The molecule has 182 valence electrons. The van der Waals surface area contributed by atoms with Crippen LogP contribution in [0.25, 0.3) is 0 Å². The van der Waals surface area contributed by atoms with Crippen LogP contribution >= 0.6 is 0 Å². The van der Waals surface area contributed by atoms with Crippen LogP contribution in [0, 0.1) is 11.7 Å². The van der Waals surface area contributed by atoms with Gasteiger partial charge in [-0.3, -0.25) is 0 Å². The van der Waals surface area contributed by atoms with Gasteiger partial charge in [-0.1, -0.05) is 0 Å². The number of carbonyl (C=O) groups excluding carboxylic acids is 1. The second kappa shape index (κ2) is 9.68. The summed E-state index contributed by atoms with van der Waals surface area (Å²) in [5.74, 6) is -1.40. The highest BCUT2D eigenvalue weighted by atomic mass is 32.2. The maximum absolute atomic E-state index is 13.7. The molecule has 1 heterocycles. The second-order valence-corrected chi connectivity index (χ2v) is 8.69.